The van der Waals surface area contributed by atoms with E-state index in [4.69, 9.17) is 4.74 Å². The lowest BCUT2D eigenvalue weighted by Gasteiger charge is -2.30. The summed E-state index contributed by atoms with van der Waals surface area (Å²) < 4.78 is 44.3. The van der Waals surface area contributed by atoms with Gasteiger partial charge in [0, 0.05) is 32.4 Å². The van der Waals surface area contributed by atoms with Crippen molar-refractivity contribution in [2.45, 2.75) is 24.6 Å². The zero-order valence-corrected chi connectivity index (χ0v) is 12.9. The van der Waals surface area contributed by atoms with E-state index in [-0.39, 0.29) is 32.0 Å². The summed E-state index contributed by atoms with van der Waals surface area (Å²) in [5.41, 5.74) is -0.190. The number of rotatable bonds is 3. The van der Waals surface area contributed by atoms with Crippen LogP contribution < -0.4 is 4.90 Å². The summed E-state index contributed by atoms with van der Waals surface area (Å²) in [4.78, 5) is 15.7. The van der Waals surface area contributed by atoms with Gasteiger partial charge in [0.15, 0.2) is 5.60 Å². The number of methoxy groups -OCH3 is 1. The first-order valence-electron chi connectivity index (χ1n) is 7.59. The van der Waals surface area contributed by atoms with Crippen molar-refractivity contribution in [3.8, 4) is 0 Å². The maximum atomic E-state index is 13.2. The number of likely N-dealkylation sites (tertiary alicyclic amines) is 1. The van der Waals surface area contributed by atoms with Crippen molar-refractivity contribution in [1.82, 2.24) is 4.90 Å². The molecule has 1 aromatic rings. The SMILES string of the molecule is COC1(C(F)(F)F)CCN(CC(=O)N2CCc3ccccc32)C1. The van der Waals surface area contributed by atoms with E-state index in [0.717, 1.165) is 24.8 Å². The minimum atomic E-state index is -4.43. The molecule has 126 valence electrons. The summed E-state index contributed by atoms with van der Waals surface area (Å²) >= 11 is 0. The first kappa shape index (κ1) is 16.3. The van der Waals surface area contributed by atoms with Crippen LogP contribution in [-0.2, 0) is 16.0 Å². The maximum absolute atomic E-state index is 13.2. The lowest BCUT2D eigenvalue weighted by Crippen LogP contribution is -2.50. The summed E-state index contributed by atoms with van der Waals surface area (Å²) in [7, 11) is 1.08. The summed E-state index contributed by atoms with van der Waals surface area (Å²) in [6.45, 7) is 0.471. The highest BCUT2D eigenvalue weighted by molar-refractivity contribution is 5.96. The summed E-state index contributed by atoms with van der Waals surface area (Å²) in [5.74, 6) is -0.163. The Balaban J connectivity index is 1.67. The van der Waals surface area contributed by atoms with E-state index in [1.54, 1.807) is 4.90 Å². The fraction of sp³-hybridized carbons (Fsp3) is 0.562. The van der Waals surface area contributed by atoms with Gasteiger partial charge in [0.1, 0.15) is 0 Å². The highest BCUT2D eigenvalue weighted by atomic mass is 19.4. The number of benzene rings is 1. The quantitative estimate of drug-likeness (QED) is 0.853. The van der Waals surface area contributed by atoms with Crippen LogP contribution in [0.5, 0.6) is 0 Å². The number of carbonyl (C=O) groups is 1. The Bertz CT molecular complexity index is 605. The number of para-hydroxylation sites is 1. The van der Waals surface area contributed by atoms with Crippen molar-refractivity contribution < 1.29 is 22.7 Å². The first-order chi connectivity index (χ1) is 10.9. The van der Waals surface area contributed by atoms with Gasteiger partial charge in [0.05, 0.1) is 6.54 Å². The molecule has 0 spiro atoms. The molecular weight excluding hydrogens is 309 g/mol. The molecule has 0 aromatic heterocycles. The van der Waals surface area contributed by atoms with Crippen LogP contribution >= 0.6 is 0 Å². The van der Waals surface area contributed by atoms with Gasteiger partial charge in [-0.3, -0.25) is 9.69 Å². The molecule has 3 rings (SSSR count). The first-order valence-corrected chi connectivity index (χ1v) is 7.59. The molecule has 1 fully saturated rings. The average molecular weight is 328 g/mol. The molecule has 1 saturated heterocycles. The molecule has 0 bridgehead atoms. The number of nitrogens with zero attached hydrogens (tertiary/aromatic N) is 2. The molecule has 2 heterocycles. The van der Waals surface area contributed by atoms with Crippen LogP contribution in [0, 0.1) is 0 Å². The molecule has 0 aliphatic carbocycles. The van der Waals surface area contributed by atoms with E-state index in [9.17, 15) is 18.0 Å². The summed E-state index contributed by atoms with van der Waals surface area (Å²) in [6, 6.07) is 7.63. The largest absolute Gasteiger partial charge is 0.418 e. The number of fused-ring (bicyclic) bond motifs is 1. The average Bonchev–Trinajstić information content (AvgIpc) is 3.11. The van der Waals surface area contributed by atoms with Crippen molar-refractivity contribution in [2.24, 2.45) is 0 Å². The van der Waals surface area contributed by atoms with Crippen LogP contribution in [0.2, 0.25) is 0 Å². The van der Waals surface area contributed by atoms with E-state index in [1.165, 1.54) is 4.90 Å². The van der Waals surface area contributed by atoms with Gasteiger partial charge in [0.25, 0.3) is 0 Å². The predicted octanol–water partition coefficient (Wildman–Crippen LogP) is 2.23. The number of hydrogen-bond donors (Lipinski definition) is 0. The number of carbonyl (C=O) groups excluding carboxylic acids is 1. The highest BCUT2D eigenvalue weighted by Crippen LogP contribution is 2.40. The molecule has 2 aliphatic heterocycles. The fourth-order valence-electron chi connectivity index (χ4n) is 3.38. The molecule has 7 heteroatoms. The van der Waals surface area contributed by atoms with Crippen LogP contribution in [0.3, 0.4) is 0 Å². The van der Waals surface area contributed by atoms with Gasteiger partial charge in [-0.15, -0.1) is 0 Å². The number of alkyl halides is 3. The van der Waals surface area contributed by atoms with Gasteiger partial charge in [-0.1, -0.05) is 18.2 Å². The number of anilines is 1. The molecule has 4 nitrogen and oxygen atoms in total. The van der Waals surface area contributed by atoms with Crippen molar-refractivity contribution >= 4 is 11.6 Å². The van der Waals surface area contributed by atoms with Crippen LogP contribution in [0.15, 0.2) is 24.3 Å². The van der Waals surface area contributed by atoms with Crippen molar-refractivity contribution in [2.75, 3.05) is 38.2 Å². The topological polar surface area (TPSA) is 32.8 Å². The lowest BCUT2D eigenvalue weighted by atomic mass is 10.0. The smallest absolute Gasteiger partial charge is 0.367 e. The number of ether oxygens (including phenoxy) is 1. The molecule has 0 N–H and O–H groups in total. The second kappa shape index (κ2) is 5.79. The van der Waals surface area contributed by atoms with Crippen LogP contribution in [0.1, 0.15) is 12.0 Å². The third-order valence-corrected chi connectivity index (χ3v) is 4.77. The minimum absolute atomic E-state index is 0.0183. The van der Waals surface area contributed by atoms with Crippen molar-refractivity contribution in [1.29, 1.82) is 0 Å². The fourth-order valence-corrected chi connectivity index (χ4v) is 3.38. The van der Waals surface area contributed by atoms with Crippen LogP contribution in [-0.4, -0.2) is 55.9 Å². The van der Waals surface area contributed by atoms with Crippen LogP contribution in [0.25, 0.3) is 0 Å². The monoisotopic (exact) mass is 328 g/mol. The van der Waals surface area contributed by atoms with Gasteiger partial charge in [-0.25, -0.2) is 0 Å². The zero-order chi connectivity index (χ0) is 16.7. The Morgan fingerprint density at radius 3 is 2.70 bits per heavy atom. The predicted molar refractivity (Wildman–Crippen MR) is 79.4 cm³/mol. The third-order valence-electron chi connectivity index (χ3n) is 4.77. The second-order valence-electron chi connectivity index (χ2n) is 6.08. The van der Waals surface area contributed by atoms with E-state index < -0.39 is 11.8 Å². The molecule has 1 amide bonds. The lowest BCUT2D eigenvalue weighted by molar-refractivity contribution is -0.263. The third kappa shape index (κ3) is 2.83. The number of amides is 1. The van der Waals surface area contributed by atoms with E-state index in [0.29, 0.717) is 6.54 Å². The molecule has 1 atom stereocenters. The molecule has 0 saturated carbocycles. The highest BCUT2D eigenvalue weighted by Gasteiger charge is 2.58. The standard InChI is InChI=1S/C16H19F3N2O2/c1-23-15(16(17,18)19)7-9-20(11-15)10-14(22)21-8-6-12-4-2-3-5-13(12)21/h2-5H,6-11H2,1H3. The molecule has 1 unspecified atom stereocenters. The normalized spacial score (nSPS) is 25.0. The second-order valence-corrected chi connectivity index (χ2v) is 6.08. The molecule has 2 aliphatic rings. The molecule has 23 heavy (non-hydrogen) atoms. The Hall–Kier alpha value is -1.60. The molecule has 1 aromatic carbocycles. The number of hydrogen-bond acceptors (Lipinski definition) is 3. The van der Waals surface area contributed by atoms with Gasteiger partial charge in [0.2, 0.25) is 5.91 Å². The van der Waals surface area contributed by atoms with Crippen molar-refractivity contribution in [3.05, 3.63) is 29.8 Å². The minimum Gasteiger partial charge on any atom is -0.367 e. The summed E-state index contributed by atoms with van der Waals surface area (Å²) in [5, 5.41) is 0. The van der Waals surface area contributed by atoms with Crippen LogP contribution in [0.4, 0.5) is 18.9 Å². The van der Waals surface area contributed by atoms with Gasteiger partial charge in [-0.2, -0.15) is 13.2 Å². The maximum Gasteiger partial charge on any atom is 0.418 e. The number of halogens is 3. The van der Waals surface area contributed by atoms with E-state index in [1.807, 2.05) is 24.3 Å². The summed E-state index contributed by atoms with van der Waals surface area (Å²) in [6.07, 6.45) is -3.79. The van der Waals surface area contributed by atoms with Gasteiger partial charge in [-0.05, 0) is 24.5 Å². The van der Waals surface area contributed by atoms with E-state index >= 15 is 0 Å². The molecular formula is C16H19F3N2O2. The molecule has 0 radical (unpaired) electrons. The van der Waals surface area contributed by atoms with Crippen molar-refractivity contribution in [3.63, 3.8) is 0 Å². The Morgan fingerprint density at radius 2 is 2.04 bits per heavy atom. The van der Waals surface area contributed by atoms with Gasteiger partial charge < -0.3 is 9.64 Å². The zero-order valence-electron chi connectivity index (χ0n) is 12.9. The Morgan fingerprint density at radius 1 is 1.30 bits per heavy atom. The Kier molecular flexibility index (Phi) is 4.10. The van der Waals surface area contributed by atoms with Gasteiger partial charge >= 0.3 is 6.18 Å². The van der Waals surface area contributed by atoms with E-state index in [2.05, 4.69) is 0 Å². The Labute approximate surface area is 132 Å².